The van der Waals surface area contributed by atoms with Gasteiger partial charge in [0.2, 0.25) is 5.91 Å². The van der Waals surface area contributed by atoms with Crippen LogP contribution in [-0.4, -0.2) is 16.4 Å². The van der Waals surface area contributed by atoms with Crippen LogP contribution in [0.2, 0.25) is 0 Å². The number of halogens is 1. The number of hydrogen-bond donors (Lipinski definition) is 2. The Bertz CT molecular complexity index is 1090. The molecule has 2 N–H and O–H groups in total. The minimum atomic E-state index is -0.590. The zero-order chi connectivity index (χ0) is 20.1. The van der Waals surface area contributed by atoms with E-state index in [9.17, 15) is 18.8 Å². The molecular weight excluding hydrogens is 361 g/mol. The van der Waals surface area contributed by atoms with Crippen molar-refractivity contribution < 1.29 is 14.0 Å². The summed E-state index contributed by atoms with van der Waals surface area (Å²) in [5.41, 5.74) is 0.714. The maximum absolute atomic E-state index is 13.9. The third-order valence-electron chi connectivity index (χ3n) is 4.00. The van der Waals surface area contributed by atoms with Crippen molar-refractivity contribution in [3.05, 3.63) is 94.2 Å². The van der Waals surface area contributed by atoms with E-state index in [1.54, 1.807) is 48.5 Å². The van der Waals surface area contributed by atoms with Gasteiger partial charge in [-0.15, -0.1) is 0 Å². The van der Waals surface area contributed by atoms with E-state index in [1.165, 1.54) is 29.8 Å². The number of aromatic nitrogens is 1. The Hall–Kier alpha value is -3.74. The van der Waals surface area contributed by atoms with Crippen molar-refractivity contribution in [3.63, 3.8) is 0 Å². The monoisotopic (exact) mass is 379 g/mol. The minimum absolute atomic E-state index is 0.0185. The standard InChI is InChI=1S/C21H18FN3O3/c1-14(26)23-16-7-4-8-17(12-16)24-20(27)18-9-5-11-25(21(18)28)13-15-6-2-3-10-19(15)22/h2-12H,13H2,1H3,(H,23,26)(H,24,27). The summed E-state index contributed by atoms with van der Waals surface area (Å²) in [7, 11) is 0. The van der Waals surface area contributed by atoms with Crippen LogP contribution >= 0.6 is 0 Å². The molecule has 1 heterocycles. The molecule has 0 spiro atoms. The van der Waals surface area contributed by atoms with Crippen molar-refractivity contribution in [1.82, 2.24) is 4.57 Å². The van der Waals surface area contributed by atoms with Crippen LogP contribution in [0.25, 0.3) is 0 Å². The molecule has 6 nitrogen and oxygen atoms in total. The molecule has 0 bridgehead atoms. The van der Waals surface area contributed by atoms with Crippen molar-refractivity contribution in [3.8, 4) is 0 Å². The average Bonchev–Trinajstić information content (AvgIpc) is 2.65. The molecule has 0 aliphatic rings. The largest absolute Gasteiger partial charge is 0.326 e. The van der Waals surface area contributed by atoms with Gasteiger partial charge in [0.15, 0.2) is 0 Å². The number of hydrogen-bond acceptors (Lipinski definition) is 3. The average molecular weight is 379 g/mol. The van der Waals surface area contributed by atoms with Crippen molar-refractivity contribution in [2.45, 2.75) is 13.5 Å². The van der Waals surface area contributed by atoms with Crippen LogP contribution in [0, 0.1) is 5.82 Å². The number of nitrogens with one attached hydrogen (secondary N) is 2. The van der Waals surface area contributed by atoms with E-state index in [-0.39, 0.29) is 18.0 Å². The minimum Gasteiger partial charge on any atom is -0.326 e. The molecule has 1 aromatic heterocycles. The molecule has 0 fully saturated rings. The van der Waals surface area contributed by atoms with Crippen LogP contribution in [0.15, 0.2) is 71.7 Å². The van der Waals surface area contributed by atoms with Gasteiger partial charge in [-0.2, -0.15) is 0 Å². The molecule has 2 aromatic carbocycles. The van der Waals surface area contributed by atoms with Crippen LogP contribution in [0.1, 0.15) is 22.8 Å². The first-order valence-corrected chi connectivity index (χ1v) is 8.56. The summed E-state index contributed by atoms with van der Waals surface area (Å²) >= 11 is 0. The Labute approximate surface area is 160 Å². The normalized spacial score (nSPS) is 10.4. The smallest absolute Gasteiger partial charge is 0.263 e. The molecule has 3 rings (SSSR count). The fraction of sp³-hybridized carbons (Fsp3) is 0.0952. The lowest BCUT2D eigenvalue weighted by Crippen LogP contribution is -2.29. The molecule has 0 radical (unpaired) electrons. The number of benzene rings is 2. The second-order valence-corrected chi connectivity index (χ2v) is 6.16. The Morgan fingerprint density at radius 2 is 1.68 bits per heavy atom. The Morgan fingerprint density at radius 1 is 0.964 bits per heavy atom. The molecule has 142 valence electrons. The number of rotatable bonds is 5. The van der Waals surface area contributed by atoms with Crippen LogP contribution in [0.5, 0.6) is 0 Å². The maximum Gasteiger partial charge on any atom is 0.263 e. The third kappa shape index (κ3) is 4.50. The van der Waals surface area contributed by atoms with E-state index in [0.29, 0.717) is 16.9 Å². The first kappa shape index (κ1) is 19.0. The first-order valence-electron chi connectivity index (χ1n) is 8.56. The second-order valence-electron chi connectivity index (χ2n) is 6.16. The van der Waals surface area contributed by atoms with E-state index < -0.39 is 17.3 Å². The quantitative estimate of drug-likeness (QED) is 0.714. The highest BCUT2D eigenvalue weighted by Gasteiger charge is 2.13. The molecule has 3 aromatic rings. The topological polar surface area (TPSA) is 80.2 Å². The molecule has 0 aliphatic heterocycles. The zero-order valence-electron chi connectivity index (χ0n) is 15.1. The van der Waals surface area contributed by atoms with Crippen molar-refractivity contribution in [2.24, 2.45) is 0 Å². The second kappa shape index (κ2) is 8.30. The molecule has 28 heavy (non-hydrogen) atoms. The number of carbonyl (C=O) groups excluding carboxylic acids is 2. The summed E-state index contributed by atoms with van der Waals surface area (Å²) in [4.78, 5) is 36.4. The highest BCUT2D eigenvalue weighted by molar-refractivity contribution is 6.04. The molecule has 0 saturated carbocycles. The van der Waals surface area contributed by atoms with E-state index in [1.807, 2.05) is 0 Å². The summed E-state index contributed by atoms with van der Waals surface area (Å²) < 4.78 is 15.1. The maximum atomic E-state index is 13.9. The number of pyridine rings is 1. The molecule has 0 aliphatic carbocycles. The summed E-state index contributed by atoms with van der Waals surface area (Å²) in [5.74, 6) is -1.24. The number of carbonyl (C=O) groups is 2. The van der Waals surface area contributed by atoms with Gasteiger partial charge in [0.1, 0.15) is 11.4 Å². The van der Waals surface area contributed by atoms with Gasteiger partial charge in [0, 0.05) is 30.1 Å². The van der Waals surface area contributed by atoms with Crippen LogP contribution in [0.4, 0.5) is 15.8 Å². The summed E-state index contributed by atoms with van der Waals surface area (Å²) in [6, 6.07) is 15.7. The number of nitrogens with zero attached hydrogens (tertiary/aromatic N) is 1. The summed E-state index contributed by atoms with van der Waals surface area (Å²) in [6.45, 7) is 1.40. The molecule has 0 atom stereocenters. The van der Waals surface area contributed by atoms with Crippen LogP contribution < -0.4 is 16.2 Å². The first-order chi connectivity index (χ1) is 13.4. The molecule has 7 heteroatoms. The Kier molecular flexibility index (Phi) is 5.64. The zero-order valence-corrected chi connectivity index (χ0v) is 15.1. The van der Waals surface area contributed by atoms with Crippen LogP contribution in [0.3, 0.4) is 0 Å². The highest BCUT2D eigenvalue weighted by atomic mass is 19.1. The van der Waals surface area contributed by atoms with E-state index in [4.69, 9.17) is 0 Å². The van der Waals surface area contributed by atoms with Crippen molar-refractivity contribution in [2.75, 3.05) is 10.6 Å². The summed E-state index contributed by atoms with van der Waals surface area (Å²) in [6.07, 6.45) is 1.50. The Balaban J connectivity index is 1.82. The van der Waals surface area contributed by atoms with E-state index in [2.05, 4.69) is 10.6 Å². The predicted octanol–water partition coefficient (Wildman–Crippen LogP) is 3.25. The van der Waals surface area contributed by atoms with Gasteiger partial charge in [-0.1, -0.05) is 24.3 Å². The van der Waals surface area contributed by atoms with Gasteiger partial charge in [-0.25, -0.2) is 4.39 Å². The molecule has 2 amide bonds. The van der Waals surface area contributed by atoms with Gasteiger partial charge < -0.3 is 15.2 Å². The fourth-order valence-corrected chi connectivity index (χ4v) is 2.72. The van der Waals surface area contributed by atoms with Gasteiger partial charge >= 0.3 is 0 Å². The van der Waals surface area contributed by atoms with Gasteiger partial charge in [0.25, 0.3) is 11.5 Å². The van der Waals surface area contributed by atoms with Crippen molar-refractivity contribution in [1.29, 1.82) is 0 Å². The van der Waals surface area contributed by atoms with Gasteiger partial charge in [0.05, 0.1) is 6.54 Å². The molecule has 0 unspecified atom stereocenters. The third-order valence-corrected chi connectivity index (χ3v) is 4.00. The fourth-order valence-electron chi connectivity index (χ4n) is 2.72. The number of anilines is 2. The van der Waals surface area contributed by atoms with Crippen molar-refractivity contribution >= 4 is 23.2 Å². The van der Waals surface area contributed by atoms with E-state index >= 15 is 0 Å². The Morgan fingerprint density at radius 3 is 2.39 bits per heavy atom. The lowest BCUT2D eigenvalue weighted by molar-refractivity contribution is -0.114. The predicted molar refractivity (Wildman–Crippen MR) is 105 cm³/mol. The molecule has 0 saturated heterocycles. The number of amides is 2. The highest BCUT2D eigenvalue weighted by Crippen LogP contribution is 2.16. The van der Waals surface area contributed by atoms with E-state index in [0.717, 1.165) is 0 Å². The summed E-state index contributed by atoms with van der Waals surface area (Å²) in [5, 5.41) is 5.26. The lowest BCUT2D eigenvalue weighted by Gasteiger charge is -2.10. The SMILES string of the molecule is CC(=O)Nc1cccc(NC(=O)c2cccn(Cc3ccccc3F)c2=O)c1. The lowest BCUT2D eigenvalue weighted by atomic mass is 10.2. The van der Waals surface area contributed by atoms with Gasteiger partial charge in [-0.3, -0.25) is 14.4 Å². The van der Waals surface area contributed by atoms with Crippen LogP contribution in [-0.2, 0) is 11.3 Å². The molecular formula is C21H18FN3O3. The van der Waals surface area contributed by atoms with Gasteiger partial charge in [-0.05, 0) is 36.4 Å².